The molecule has 1 atom stereocenters. The molecule has 0 aliphatic rings. The smallest absolute Gasteiger partial charge is 0.161 e. The number of rotatable bonds is 8. The van der Waals surface area contributed by atoms with Crippen molar-refractivity contribution in [2.75, 3.05) is 20.8 Å². The second-order valence-corrected chi connectivity index (χ2v) is 7.13. The summed E-state index contributed by atoms with van der Waals surface area (Å²) in [7, 11) is 3.22. The van der Waals surface area contributed by atoms with Crippen LogP contribution in [0.4, 0.5) is 4.39 Å². The van der Waals surface area contributed by atoms with Gasteiger partial charge in [-0.2, -0.15) is 0 Å². The van der Waals surface area contributed by atoms with Crippen LogP contribution in [-0.4, -0.2) is 41.9 Å². The molecular weight excluding hydrogens is 359 g/mol. The summed E-state index contributed by atoms with van der Waals surface area (Å²) in [5.74, 6) is 1.11. The number of halogens is 1. The molecule has 0 aliphatic carbocycles. The van der Waals surface area contributed by atoms with E-state index in [0.717, 1.165) is 27.7 Å². The number of hydrogen-bond donors (Lipinski definition) is 2. The highest BCUT2D eigenvalue weighted by atomic mass is 19.1. The molecule has 1 aromatic heterocycles. The van der Waals surface area contributed by atoms with Gasteiger partial charge in [-0.25, -0.2) is 4.39 Å². The number of aliphatic hydroxyl groups excluding tert-OH is 1. The second kappa shape index (κ2) is 8.63. The van der Waals surface area contributed by atoms with Crippen molar-refractivity contribution in [3.05, 3.63) is 59.0 Å². The molecule has 0 aliphatic heterocycles. The van der Waals surface area contributed by atoms with Crippen LogP contribution < -0.4 is 9.47 Å². The number of ether oxygens (including phenoxy) is 2. The van der Waals surface area contributed by atoms with Gasteiger partial charge >= 0.3 is 0 Å². The molecule has 0 saturated heterocycles. The van der Waals surface area contributed by atoms with Crippen LogP contribution in [0.5, 0.6) is 11.5 Å². The summed E-state index contributed by atoms with van der Waals surface area (Å²) in [4.78, 5) is 5.54. The van der Waals surface area contributed by atoms with Gasteiger partial charge in [0.25, 0.3) is 0 Å². The number of methoxy groups -OCH3 is 2. The lowest BCUT2D eigenvalue weighted by molar-refractivity contribution is 0.117. The average molecular weight is 386 g/mol. The first-order valence-electron chi connectivity index (χ1n) is 9.29. The van der Waals surface area contributed by atoms with Gasteiger partial charge in [-0.3, -0.25) is 4.90 Å². The molecular formula is C22H27FN2O3. The van der Waals surface area contributed by atoms with Crippen molar-refractivity contribution in [3.8, 4) is 11.5 Å². The van der Waals surface area contributed by atoms with Crippen LogP contribution in [0, 0.1) is 12.7 Å². The Morgan fingerprint density at radius 1 is 1.07 bits per heavy atom. The number of nitrogens with zero attached hydrogens (tertiary/aromatic N) is 1. The van der Waals surface area contributed by atoms with Crippen LogP contribution in [0.15, 0.2) is 36.4 Å². The maximum Gasteiger partial charge on any atom is 0.161 e. The lowest BCUT2D eigenvalue weighted by atomic mass is 10.1. The van der Waals surface area contributed by atoms with Crippen molar-refractivity contribution in [2.24, 2.45) is 0 Å². The van der Waals surface area contributed by atoms with E-state index in [1.54, 1.807) is 33.3 Å². The van der Waals surface area contributed by atoms with E-state index >= 15 is 0 Å². The normalized spacial score (nSPS) is 12.5. The summed E-state index contributed by atoms with van der Waals surface area (Å²) in [6, 6.07) is 10.6. The fourth-order valence-corrected chi connectivity index (χ4v) is 3.53. The molecule has 0 amide bonds. The van der Waals surface area contributed by atoms with E-state index in [4.69, 9.17) is 9.47 Å². The van der Waals surface area contributed by atoms with Crippen LogP contribution in [-0.2, 0) is 13.1 Å². The van der Waals surface area contributed by atoms with E-state index < -0.39 is 6.10 Å². The molecule has 0 bridgehead atoms. The number of benzene rings is 2. The van der Waals surface area contributed by atoms with Crippen LogP contribution in [0.25, 0.3) is 10.9 Å². The van der Waals surface area contributed by atoms with Crippen LogP contribution >= 0.6 is 0 Å². The summed E-state index contributed by atoms with van der Waals surface area (Å²) in [5, 5.41) is 10.8. The predicted molar refractivity (Wildman–Crippen MR) is 108 cm³/mol. The first-order valence-corrected chi connectivity index (χ1v) is 9.29. The predicted octanol–water partition coefficient (Wildman–Crippen LogP) is 4.02. The summed E-state index contributed by atoms with van der Waals surface area (Å²) in [6.45, 7) is 5.52. The maximum absolute atomic E-state index is 13.6. The minimum Gasteiger partial charge on any atom is -0.493 e. The Morgan fingerprint density at radius 2 is 1.82 bits per heavy atom. The molecule has 0 saturated carbocycles. The fraction of sp³-hybridized carbons (Fsp3) is 0.364. The first kappa shape index (κ1) is 20.2. The number of fused-ring (bicyclic) bond motifs is 1. The molecule has 3 rings (SSSR count). The quantitative estimate of drug-likeness (QED) is 0.614. The largest absolute Gasteiger partial charge is 0.493 e. The van der Waals surface area contributed by atoms with Gasteiger partial charge in [0.2, 0.25) is 0 Å². The molecule has 0 spiro atoms. The summed E-state index contributed by atoms with van der Waals surface area (Å²) in [5.41, 5.74) is 4.01. The van der Waals surface area contributed by atoms with E-state index in [2.05, 4.69) is 9.88 Å². The molecule has 2 N–H and O–H groups in total. The summed E-state index contributed by atoms with van der Waals surface area (Å²) < 4.78 is 24.3. The van der Waals surface area contributed by atoms with E-state index in [0.29, 0.717) is 31.1 Å². The van der Waals surface area contributed by atoms with Crippen molar-refractivity contribution in [1.82, 2.24) is 9.88 Å². The van der Waals surface area contributed by atoms with Crippen LogP contribution in [0.3, 0.4) is 0 Å². The number of hydrogen-bond acceptors (Lipinski definition) is 4. The number of aryl methyl sites for hydroxylation is 1. The van der Waals surface area contributed by atoms with Crippen molar-refractivity contribution in [3.63, 3.8) is 0 Å². The highest BCUT2D eigenvalue weighted by Crippen LogP contribution is 2.29. The third-order valence-electron chi connectivity index (χ3n) is 4.88. The van der Waals surface area contributed by atoms with Crippen molar-refractivity contribution in [1.29, 1.82) is 0 Å². The minimum absolute atomic E-state index is 0.243. The van der Waals surface area contributed by atoms with Gasteiger partial charge in [-0.1, -0.05) is 6.07 Å². The van der Waals surface area contributed by atoms with Gasteiger partial charge in [0.1, 0.15) is 5.82 Å². The van der Waals surface area contributed by atoms with Gasteiger partial charge in [0.05, 0.1) is 20.3 Å². The molecule has 1 heterocycles. The number of aromatic nitrogens is 1. The molecule has 0 unspecified atom stereocenters. The van der Waals surface area contributed by atoms with E-state index in [1.165, 1.54) is 6.07 Å². The van der Waals surface area contributed by atoms with E-state index in [9.17, 15) is 9.50 Å². The minimum atomic E-state index is -0.470. The Morgan fingerprint density at radius 3 is 2.50 bits per heavy atom. The third kappa shape index (κ3) is 4.46. The van der Waals surface area contributed by atoms with E-state index in [-0.39, 0.29) is 5.82 Å². The van der Waals surface area contributed by atoms with Gasteiger partial charge in [0.15, 0.2) is 11.5 Å². The number of H-pyrrole nitrogens is 1. The van der Waals surface area contributed by atoms with Crippen LogP contribution in [0.1, 0.15) is 23.7 Å². The van der Waals surface area contributed by atoms with Crippen molar-refractivity contribution < 1.29 is 19.0 Å². The highest BCUT2D eigenvalue weighted by molar-refractivity contribution is 5.84. The Labute approximate surface area is 164 Å². The zero-order valence-corrected chi connectivity index (χ0v) is 16.8. The molecule has 2 aromatic carbocycles. The average Bonchev–Trinajstić information content (AvgIpc) is 2.96. The Kier molecular flexibility index (Phi) is 6.21. The third-order valence-corrected chi connectivity index (χ3v) is 4.88. The van der Waals surface area contributed by atoms with Gasteiger partial charge in [0, 0.05) is 36.2 Å². The Hall–Kier alpha value is -2.57. The zero-order chi connectivity index (χ0) is 20.3. The number of aliphatic hydroxyl groups is 1. The maximum atomic E-state index is 13.6. The zero-order valence-electron chi connectivity index (χ0n) is 16.8. The highest BCUT2D eigenvalue weighted by Gasteiger charge is 2.16. The molecule has 6 heteroatoms. The second-order valence-electron chi connectivity index (χ2n) is 7.13. The lowest BCUT2D eigenvalue weighted by Gasteiger charge is -2.24. The fourth-order valence-electron chi connectivity index (χ4n) is 3.53. The first-order chi connectivity index (χ1) is 13.4. The molecule has 5 nitrogen and oxygen atoms in total. The monoisotopic (exact) mass is 386 g/mol. The molecule has 150 valence electrons. The topological polar surface area (TPSA) is 57.7 Å². The molecule has 0 fully saturated rings. The molecule has 28 heavy (non-hydrogen) atoms. The molecule has 3 aromatic rings. The van der Waals surface area contributed by atoms with Crippen molar-refractivity contribution in [2.45, 2.75) is 33.0 Å². The molecule has 0 radical (unpaired) electrons. The van der Waals surface area contributed by atoms with Crippen molar-refractivity contribution >= 4 is 10.9 Å². The van der Waals surface area contributed by atoms with Gasteiger partial charge in [-0.15, -0.1) is 0 Å². The Balaban J connectivity index is 1.86. The summed E-state index contributed by atoms with van der Waals surface area (Å²) >= 11 is 0. The SMILES string of the molecule is COc1ccc(CN(Cc2[nH]c3ccc(F)cc3c2C)C[C@@H](C)O)cc1OC. The van der Waals surface area contributed by atoms with E-state index in [1.807, 2.05) is 25.1 Å². The van der Waals surface area contributed by atoms with Crippen LogP contribution in [0.2, 0.25) is 0 Å². The number of aromatic amines is 1. The Bertz CT molecular complexity index is 952. The lowest BCUT2D eigenvalue weighted by Crippen LogP contribution is -2.30. The standard InChI is InChI=1S/C22H27FN2O3/c1-14(26)11-25(12-16-5-8-21(27-3)22(9-16)28-4)13-20-15(2)18-10-17(23)6-7-19(18)24-20/h5-10,14,24,26H,11-13H2,1-4H3/t14-/m1/s1. The van der Waals surface area contributed by atoms with Gasteiger partial charge < -0.3 is 19.6 Å². The van der Waals surface area contributed by atoms with Gasteiger partial charge in [-0.05, 0) is 55.3 Å². The summed E-state index contributed by atoms with van der Waals surface area (Å²) in [6.07, 6.45) is -0.470. The number of nitrogens with one attached hydrogen (secondary N) is 1.